The summed E-state index contributed by atoms with van der Waals surface area (Å²) in [6, 6.07) is 0. The van der Waals surface area contributed by atoms with Crippen molar-refractivity contribution in [2.24, 2.45) is 5.73 Å². The molecule has 0 bridgehead atoms. The van der Waals surface area contributed by atoms with E-state index in [1.165, 1.54) is 0 Å². The van der Waals surface area contributed by atoms with Gasteiger partial charge < -0.3 is 31.1 Å². The number of hydrogen-bond donors (Lipinski definition) is 5. The molecule has 0 aromatic heterocycles. The van der Waals surface area contributed by atoms with Crippen LogP contribution in [0.5, 0.6) is 0 Å². The van der Waals surface area contributed by atoms with Crippen molar-refractivity contribution in [2.75, 3.05) is 27.2 Å². The highest BCUT2D eigenvalue weighted by molar-refractivity contribution is 5.63. The zero-order valence-corrected chi connectivity index (χ0v) is 13.9. The van der Waals surface area contributed by atoms with Crippen LogP contribution in [-0.2, 0) is 19.2 Å². The van der Waals surface area contributed by atoms with Gasteiger partial charge in [0.15, 0.2) is 0 Å². The van der Waals surface area contributed by atoms with Gasteiger partial charge in [0.1, 0.15) is 0 Å². The molecule has 10 heteroatoms. The first-order chi connectivity index (χ1) is 9.70. The lowest BCUT2D eigenvalue weighted by Gasteiger charge is -2.03. The van der Waals surface area contributed by atoms with Crippen LogP contribution in [0.1, 0.15) is 27.7 Å². The van der Waals surface area contributed by atoms with Crippen LogP contribution in [0.15, 0.2) is 0 Å². The van der Waals surface area contributed by atoms with Gasteiger partial charge in [-0.05, 0) is 14.1 Å². The molecule has 0 aliphatic rings. The Balaban J connectivity index is -0.0000000555. The Morgan fingerprint density at radius 3 is 0.864 bits per heavy atom. The Morgan fingerprint density at radius 2 is 0.864 bits per heavy atom. The third kappa shape index (κ3) is 7850. The number of nitrogens with two attached hydrogens (primary N) is 1. The van der Waals surface area contributed by atoms with Crippen molar-refractivity contribution in [2.45, 2.75) is 27.7 Å². The van der Waals surface area contributed by atoms with Crippen molar-refractivity contribution in [1.82, 2.24) is 4.90 Å². The number of nitrogens with zero attached hydrogens (tertiary/aromatic N) is 1. The summed E-state index contributed by atoms with van der Waals surface area (Å²) in [5.74, 6) is -3.33. The molecule has 0 saturated carbocycles. The molecule has 0 radical (unpaired) electrons. The molecular formula is C12H28N2O8. The molecule has 22 heavy (non-hydrogen) atoms. The lowest BCUT2D eigenvalue weighted by Crippen LogP contribution is -2.20. The van der Waals surface area contributed by atoms with Crippen molar-refractivity contribution in [3.63, 3.8) is 0 Å². The fourth-order valence-corrected chi connectivity index (χ4v) is 0.258. The van der Waals surface area contributed by atoms with Gasteiger partial charge in [-0.3, -0.25) is 19.2 Å². The summed E-state index contributed by atoms with van der Waals surface area (Å²) in [4.78, 5) is 38.1. The van der Waals surface area contributed by atoms with Crippen LogP contribution >= 0.6 is 0 Å². The number of rotatable bonds is 2. The number of carbonyl (C=O) groups is 4. The van der Waals surface area contributed by atoms with Gasteiger partial charge in [-0.15, -0.1) is 0 Å². The summed E-state index contributed by atoms with van der Waals surface area (Å²) in [6.45, 7) is 6.08. The average Bonchev–Trinajstić information content (AvgIpc) is 2.12. The second-order valence-corrected chi connectivity index (χ2v) is 3.67. The molecule has 0 aromatic rings. The molecule has 134 valence electrons. The maximum atomic E-state index is 9.00. The first-order valence-electron chi connectivity index (χ1n) is 5.83. The average molecular weight is 328 g/mol. The Kier molecular flexibility index (Phi) is 39.5. The summed E-state index contributed by atoms with van der Waals surface area (Å²) >= 11 is 0. The molecule has 0 saturated heterocycles. The Hall–Kier alpha value is -2.20. The smallest absolute Gasteiger partial charge is 0.300 e. The molecule has 0 fully saturated rings. The van der Waals surface area contributed by atoms with E-state index in [1.807, 2.05) is 14.1 Å². The maximum Gasteiger partial charge on any atom is 0.300 e. The van der Waals surface area contributed by atoms with E-state index in [4.69, 9.17) is 45.3 Å². The summed E-state index contributed by atoms with van der Waals surface area (Å²) < 4.78 is 0. The van der Waals surface area contributed by atoms with Gasteiger partial charge in [0, 0.05) is 40.8 Å². The zero-order valence-electron chi connectivity index (χ0n) is 13.9. The normalized spacial score (nSPS) is 7.27. The number of aliphatic carboxylic acids is 4. The van der Waals surface area contributed by atoms with Crippen molar-refractivity contribution < 1.29 is 39.6 Å². The molecule has 10 nitrogen and oxygen atoms in total. The van der Waals surface area contributed by atoms with E-state index in [9.17, 15) is 0 Å². The van der Waals surface area contributed by atoms with E-state index in [0.717, 1.165) is 40.8 Å². The lowest BCUT2D eigenvalue weighted by atomic mass is 10.6. The van der Waals surface area contributed by atoms with Gasteiger partial charge in [0.05, 0.1) is 0 Å². The molecule has 0 aliphatic carbocycles. The summed E-state index contributed by atoms with van der Waals surface area (Å²) in [7, 11) is 4.01. The Bertz CT molecular complexity index is 229. The molecule has 0 heterocycles. The number of carboxylic acid groups (broad SMARTS) is 4. The van der Waals surface area contributed by atoms with Gasteiger partial charge in [-0.25, -0.2) is 0 Å². The maximum absolute atomic E-state index is 9.00. The number of carboxylic acids is 4. The quantitative estimate of drug-likeness (QED) is 0.458. The van der Waals surface area contributed by atoms with Crippen molar-refractivity contribution in [3.05, 3.63) is 0 Å². The standard InChI is InChI=1S/C4H12N2.4C2H4O2/c1-6(2)4-3-5;4*1-2(3)4/h3-5H2,1-2H3;4*1H3,(H,3,4). The van der Waals surface area contributed by atoms with Crippen LogP contribution in [-0.4, -0.2) is 76.4 Å². The summed E-state index contributed by atoms with van der Waals surface area (Å²) in [6.07, 6.45) is 0. The fraction of sp³-hybridized carbons (Fsp3) is 0.667. The second kappa shape index (κ2) is 27.2. The van der Waals surface area contributed by atoms with Crippen LogP contribution in [0.25, 0.3) is 0 Å². The van der Waals surface area contributed by atoms with Gasteiger partial charge in [-0.2, -0.15) is 0 Å². The highest BCUT2D eigenvalue weighted by Gasteiger charge is 1.79. The van der Waals surface area contributed by atoms with E-state index in [0.29, 0.717) is 0 Å². The molecule has 0 unspecified atom stereocenters. The molecule has 6 N–H and O–H groups in total. The predicted octanol–water partition coefficient (Wildman–Crippen LogP) is -0.130. The number of likely N-dealkylation sites (N-methyl/N-ethyl adjacent to an activating group) is 1. The molecule has 0 spiro atoms. The van der Waals surface area contributed by atoms with E-state index in [1.54, 1.807) is 0 Å². The van der Waals surface area contributed by atoms with E-state index in [2.05, 4.69) is 4.90 Å². The van der Waals surface area contributed by atoms with Crippen molar-refractivity contribution in [3.8, 4) is 0 Å². The minimum absolute atomic E-state index is 0.757. The van der Waals surface area contributed by atoms with Crippen molar-refractivity contribution >= 4 is 23.9 Å². The van der Waals surface area contributed by atoms with Gasteiger partial charge in [-0.1, -0.05) is 0 Å². The van der Waals surface area contributed by atoms with E-state index >= 15 is 0 Å². The zero-order chi connectivity index (χ0) is 19.3. The number of hydrogen-bond acceptors (Lipinski definition) is 6. The van der Waals surface area contributed by atoms with Crippen LogP contribution in [0.2, 0.25) is 0 Å². The highest BCUT2D eigenvalue weighted by atomic mass is 16.4. The first kappa shape index (κ1) is 31.9. The molecule has 0 rings (SSSR count). The van der Waals surface area contributed by atoms with E-state index in [-0.39, 0.29) is 0 Å². The Labute approximate surface area is 130 Å². The minimum Gasteiger partial charge on any atom is -0.481 e. The lowest BCUT2D eigenvalue weighted by molar-refractivity contribution is -0.135. The van der Waals surface area contributed by atoms with Crippen molar-refractivity contribution in [1.29, 1.82) is 0 Å². The molecule has 0 amide bonds. The third-order valence-corrected chi connectivity index (χ3v) is 0.576. The van der Waals surface area contributed by atoms with Crippen LogP contribution in [0, 0.1) is 0 Å². The first-order valence-corrected chi connectivity index (χ1v) is 5.83. The molecule has 0 atom stereocenters. The summed E-state index contributed by atoms with van der Waals surface area (Å²) in [5.41, 5.74) is 5.19. The fourth-order valence-electron chi connectivity index (χ4n) is 0.258. The predicted molar refractivity (Wildman–Crippen MR) is 80.8 cm³/mol. The molecular weight excluding hydrogens is 300 g/mol. The van der Waals surface area contributed by atoms with Crippen LogP contribution < -0.4 is 5.73 Å². The molecule has 0 aromatic carbocycles. The highest BCUT2D eigenvalue weighted by Crippen LogP contribution is 1.64. The van der Waals surface area contributed by atoms with Crippen LogP contribution in [0.4, 0.5) is 0 Å². The third-order valence-electron chi connectivity index (χ3n) is 0.576. The SMILES string of the molecule is CC(=O)O.CC(=O)O.CC(=O)O.CC(=O)O.CN(C)CCN. The largest absolute Gasteiger partial charge is 0.481 e. The monoisotopic (exact) mass is 328 g/mol. The van der Waals surface area contributed by atoms with Gasteiger partial charge in [0.2, 0.25) is 0 Å². The topological polar surface area (TPSA) is 178 Å². The molecule has 0 aliphatic heterocycles. The van der Waals surface area contributed by atoms with Gasteiger partial charge in [0.25, 0.3) is 23.9 Å². The second-order valence-electron chi connectivity index (χ2n) is 3.67. The van der Waals surface area contributed by atoms with Gasteiger partial charge >= 0.3 is 0 Å². The van der Waals surface area contributed by atoms with E-state index < -0.39 is 23.9 Å². The Morgan fingerprint density at radius 1 is 0.727 bits per heavy atom. The summed E-state index contributed by atoms with van der Waals surface area (Å²) in [5, 5.41) is 29.7. The van der Waals surface area contributed by atoms with Crippen LogP contribution in [0.3, 0.4) is 0 Å². The minimum atomic E-state index is -0.833.